The van der Waals surface area contributed by atoms with Gasteiger partial charge in [0.05, 0.1) is 0 Å². The fourth-order valence-electron chi connectivity index (χ4n) is 1.04. The summed E-state index contributed by atoms with van der Waals surface area (Å²) in [4.78, 5) is 11.7. The minimum atomic E-state index is -0.176. The molecule has 0 aromatic heterocycles. The average molecular weight is 274 g/mol. The van der Waals surface area contributed by atoms with E-state index in [1.54, 1.807) is 0 Å². The van der Waals surface area contributed by atoms with Gasteiger partial charge in [-0.3, -0.25) is 4.79 Å². The maximum atomic E-state index is 10.6. The molecule has 1 rings (SSSR count). The molecular formula is C10H12BrNOS. The van der Waals surface area contributed by atoms with E-state index < -0.39 is 0 Å². The third kappa shape index (κ3) is 4.15. The number of benzene rings is 1. The molecule has 0 bridgehead atoms. The highest BCUT2D eigenvalue weighted by atomic mass is 79.9. The Morgan fingerprint density at radius 3 is 2.57 bits per heavy atom. The van der Waals surface area contributed by atoms with Crippen LogP contribution in [0.3, 0.4) is 0 Å². The molecular weight excluding hydrogens is 262 g/mol. The molecule has 1 aromatic rings. The summed E-state index contributed by atoms with van der Waals surface area (Å²) in [5.74, 6) is 1.08. The molecule has 76 valence electrons. The predicted octanol–water partition coefficient (Wildman–Crippen LogP) is 3.40. The zero-order valence-corrected chi connectivity index (χ0v) is 10.3. The van der Waals surface area contributed by atoms with Gasteiger partial charge in [-0.25, -0.2) is 0 Å². The summed E-state index contributed by atoms with van der Waals surface area (Å²) in [7, 11) is 0. The zero-order valence-electron chi connectivity index (χ0n) is 7.92. The van der Waals surface area contributed by atoms with Crippen molar-refractivity contribution in [3.05, 3.63) is 29.8 Å². The van der Waals surface area contributed by atoms with Crippen LogP contribution in [0.25, 0.3) is 0 Å². The molecule has 1 N–H and O–H groups in total. The Morgan fingerprint density at radius 2 is 2.07 bits per heavy atom. The average Bonchev–Trinajstić information content (AvgIpc) is 2.17. The maximum absolute atomic E-state index is 10.6. The Hall–Kier alpha value is -0.480. The van der Waals surface area contributed by atoms with Crippen LogP contribution in [0.5, 0.6) is 0 Å². The van der Waals surface area contributed by atoms with E-state index in [0.29, 0.717) is 6.54 Å². The van der Waals surface area contributed by atoms with Crippen LogP contribution in [0.4, 0.5) is 4.79 Å². The molecule has 2 nitrogen and oxygen atoms in total. The molecule has 1 aromatic carbocycles. The summed E-state index contributed by atoms with van der Waals surface area (Å²) >= 11 is 4.63. The van der Waals surface area contributed by atoms with Gasteiger partial charge >= 0.3 is 0 Å². The first-order valence-electron chi connectivity index (χ1n) is 4.37. The lowest BCUT2D eigenvalue weighted by atomic mass is 10.2. The zero-order chi connectivity index (χ0) is 10.4. The van der Waals surface area contributed by atoms with Crippen LogP contribution in [0.15, 0.2) is 29.2 Å². The number of nitrogens with one attached hydrogen (secondary N) is 1. The van der Waals surface area contributed by atoms with Gasteiger partial charge < -0.3 is 5.32 Å². The molecule has 0 spiro atoms. The Morgan fingerprint density at radius 1 is 1.43 bits per heavy atom. The fraction of sp³-hybridized carbons (Fsp3) is 0.300. The third-order valence-corrected chi connectivity index (χ3v) is 2.84. The lowest BCUT2D eigenvalue weighted by Gasteiger charge is -2.03. The van der Waals surface area contributed by atoms with Crippen LogP contribution in [-0.4, -0.2) is 10.6 Å². The molecule has 0 saturated carbocycles. The van der Waals surface area contributed by atoms with Crippen molar-refractivity contribution in [3.63, 3.8) is 0 Å². The van der Waals surface area contributed by atoms with E-state index in [1.165, 1.54) is 4.90 Å². The summed E-state index contributed by atoms with van der Waals surface area (Å²) in [5, 5.41) is 2.68. The molecule has 14 heavy (non-hydrogen) atoms. The molecule has 0 radical (unpaired) electrons. The van der Waals surface area contributed by atoms with Gasteiger partial charge in [0.25, 0.3) is 4.82 Å². The van der Waals surface area contributed by atoms with Crippen LogP contribution in [0.1, 0.15) is 12.5 Å². The van der Waals surface area contributed by atoms with Crippen molar-refractivity contribution in [1.29, 1.82) is 0 Å². The topological polar surface area (TPSA) is 29.1 Å². The second kappa shape index (κ2) is 6.09. The van der Waals surface area contributed by atoms with E-state index in [9.17, 15) is 4.79 Å². The van der Waals surface area contributed by atoms with Crippen molar-refractivity contribution in [2.45, 2.75) is 18.4 Å². The van der Waals surface area contributed by atoms with Crippen LogP contribution in [0.2, 0.25) is 0 Å². The van der Waals surface area contributed by atoms with Crippen LogP contribution < -0.4 is 5.32 Å². The smallest absolute Gasteiger partial charge is 0.287 e. The SMILES string of the molecule is CCSc1ccc(CNC(=O)Br)cc1. The Bertz CT molecular complexity index is 299. The number of rotatable bonds is 4. The first-order chi connectivity index (χ1) is 6.72. The summed E-state index contributed by atoms with van der Waals surface area (Å²) in [6.07, 6.45) is 0. The minimum absolute atomic E-state index is 0.176. The van der Waals surface area contributed by atoms with E-state index >= 15 is 0 Å². The Balaban J connectivity index is 2.50. The summed E-state index contributed by atoms with van der Waals surface area (Å²) < 4.78 is 0. The number of carbonyl (C=O) groups is 1. The molecule has 0 aliphatic rings. The molecule has 0 saturated heterocycles. The quantitative estimate of drug-likeness (QED) is 0.518. The second-order valence-corrected chi connectivity index (χ2v) is 4.76. The van der Waals surface area contributed by atoms with E-state index in [2.05, 4.69) is 40.3 Å². The van der Waals surface area contributed by atoms with Gasteiger partial charge in [-0.2, -0.15) is 0 Å². The van der Waals surface area contributed by atoms with Crippen molar-refractivity contribution in [2.24, 2.45) is 0 Å². The molecule has 0 heterocycles. The predicted molar refractivity (Wildman–Crippen MR) is 64.0 cm³/mol. The molecule has 0 atom stereocenters. The second-order valence-electron chi connectivity index (χ2n) is 2.70. The highest BCUT2D eigenvalue weighted by Crippen LogP contribution is 2.17. The maximum Gasteiger partial charge on any atom is 0.287 e. The largest absolute Gasteiger partial charge is 0.343 e. The lowest BCUT2D eigenvalue weighted by molar-refractivity contribution is 0.261. The van der Waals surface area contributed by atoms with E-state index in [1.807, 2.05) is 23.9 Å². The van der Waals surface area contributed by atoms with Gasteiger partial charge in [0, 0.05) is 27.4 Å². The van der Waals surface area contributed by atoms with Crippen molar-refractivity contribution in [3.8, 4) is 0 Å². The first kappa shape index (κ1) is 11.6. The van der Waals surface area contributed by atoms with E-state index in [4.69, 9.17) is 0 Å². The number of hydrogen-bond donors (Lipinski definition) is 1. The van der Waals surface area contributed by atoms with Gasteiger partial charge in [0.15, 0.2) is 0 Å². The van der Waals surface area contributed by atoms with E-state index in [-0.39, 0.29) is 4.82 Å². The Kier molecular flexibility index (Phi) is 5.04. The van der Waals surface area contributed by atoms with Gasteiger partial charge in [0.2, 0.25) is 0 Å². The molecule has 0 fully saturated rings. The summed E-state index contributed by atoms with van der Waals surface area (Å²) in [5.41, 5.74) is 1.11. The van der Waals surface area contributed by atoms with Gasteiger partial charge in [-0.1, -0.05) is 19.1 Å². The van der Waals surface area contributed by atoms with Gasteiger partial charge in [0.1, 0.15) is 0 Å². The van der Waals surface area contributed by atoms with Crippen LogP contribution in [-0.2, 0) is 6.54 Å². The normalized spacial score (nSPS) is 9.86. The number of amides is 1. The van der Waals surface area contributed by atoms with E-state index in [0.717, 1.165) is 11.3 Å². The van der Waals surface area contributed by atoms with Crippen molar-refractivity contribution in [2.75, 3.05) is 5.75 Å². The highest BCUT2D eigenvalue weighted by Gasteiger charge is 1.96. The number of halogens is 1. The summed E-state index contributed by atoms with van der Waals surface area (Å²) in [6.45, 7) is 2.70. The van der Waals surface area contributed by atoms with Crippen molar-refractivity contribution >= 4 is 32.5 Å². The highest BCUT2D eigenvalue weighted by molar-refractivity contribution is 9.18. The fourth-order valence-corrected chi connectivity index (χ4v) is 1.84. The van der Waals surface area contributed by atoms with Gasteiger partial charge in [-0.15, -0.1) is 11.8 Å². The molecule has 1 amide bonds. The molecule has 4 heteroatoms. The third-order valence-electron chi connectivity index (χ3n) is 1.67. The number of thioether (sulfide) groups is 1. The van der Waals surface area contributed by atoms with Crippen molar-refractivity contribution < 1.29 is 4.79 Å². The number of carbonyl (C=O) groups excluding carboxylic acids is 1. The molecule has 0 aliphatic heterocycles. The molecule has 0 unspecified atom stereocenters. The first-order valence-corrected chi connectivity index (χ1v) is 6.15. The monoisotopic (exact) mass is 273 g/mol. The standard InChI is InChI=1S/C10H12BrNOS/c1-2-14-9-5-3-8(4-6-9)7-12-10(11)13/h3-6H,2,7H2,1H3,(H,12,13). The van der Waals surface area contributed by atoms with Gasteiger partial charge in [-0.05, 0) is 23.4 Å². The summed E-state index contributed by atoms with van der Waals surface area (Å²) in [6, 6.07) is 8.20. The van der Waals surface area contributed by atoms with Crippen LogP contribution >= 0.6 is 27.7 Å². The Labute approximate surface area is 96.6 Å². The lowest BCUT2D eigenvalue weighted by Crippen LogP contribution is -2.14. The van der Waals surface area contributed by atoms with Crippen molar-refractivity contribution in [1.82, 2.24) is 5.32 Å². The number of hydrogen-bond acceptors (Lipinski definition) is 2. The minimum Gasteiger partial charge on any atom is -0.343 e. The van der Waals surface area contributed by atoms with Crippen LogP contribution in [0, 0.1) is 0 Å². The molecule has 0 aliphatic carbocycles.